The molecule has 148 valence electrons. The first-order chi connectivity index (χ1) is 13.2. The number of rotatable bonds is 6. The number of aromatic nitrogens is 1. The van der Waals surface area contributed by atoms with Gasteiger partial charge >= 0.3 is 0 Å². The van der Waals surface area contributed by atoms with Crippen molar-refractivity contribution in [2.24, 2.45) is 0 Å². The smallest absolute Gasteiger partial charge is 0.287 e. The minimum Gasteiger partial charge on any atom is -0.486 e. The molecule has 28 heavy (non-hydrogen) atoms. The van der Waals surface area contributed by atoms with Crippen molar-refractivity contribution in [3.05, 3.63) is 88.0 Å². The summed E-state index contributed by atoms with van der Waals surface area (Å²) in [5.41, 5.74) is 1.11. The number of hydrogen-bond donors (Lipinski definition) is 1. The lowest BCUT2D eigenvalue weighted by atomic mass is 10.1. The van der Waals surface area contributed by atoms with Crippen molar-refractivity contribution in [2.75, 3.05) is 6.26 Å². The molecule has 0 fully saturated rings. The van der Waals surface area contributed by atoms with E-state index in [1.165, 1.54) is 18.3 Å². The van der Waals surface area contributed by atoms with Gasteiger partial charge in [0.1, 0.15) is 11.9 Å². The number of ether oxygens (including phenoxy) is 1. The number of pyridine rings is 1. The van der Waals surface area contributed by atoms with Crippen LogP contribution in [-0.4, -0.2) is 35.0 Å². The molecule has 8 heteroatoms. The number of benzene rings is 1. The molecule has 3 rings (SSSR count). The predicted octanol–water partition coefficient (Wildman–Crippen LogP) is 2.45. The lowest BCUT2D eigenvalue weighted by Gasteiger charge is -2.26. The van der Waals surface area contributed by atoms with Gasteiger partial charge in [-0.3, -0.25) is 9.10 Å². The highest BCUT2D eigenvalue weighted by molar-refractivity contribution is 7.88. The van der Waals surface area contributed by atoms with Crippen LogP contribution in [-0.2, 0) is 16.6 Å². The molecule has 0 radical (unpaired) electrons. The van der Waals surface area contributed by atoms with Crippen LogP contribution in [0.3, 0.4) is 0 Å². The van der Waals surface area contributed by atoms with Gasteiger partial charge in [-0.05, 0) is 43.3 Å². The van der Waals surface area contributed by atoms with E-state index in [9.17, 15) is 18.4 Å². The second-order valence-corrected chi connectivity index (χ2v) is 8.55. The molecule has 0 saturated carbocycles. The zero-order valence-corrected chi connectivity index (χ0v) is 16.5. The second kappa shape index (κ2) is 7.93. The van der Waals surface area contributed by atoms with E-state index in [4.69, 9.17) is 4.74 Å². The third-order valence-corrected chi connectivity index (χ3v) is 5.50. The average Bonchev–Trinajstić information content (AvgIpc) is 2.65. The molecule has 2 aromatic rings. The third-order valence-electron chi connectivity index (χ3n) is 4.36. The monoisotopic (exact) mass is 402 g/mol. The van der Waals surface area contributed by atoms with Crippen LogP contribution in [0.5, 0.6) is 5.75 Å². The van der Waals surface area contributed by atoms with Gasteiger partial charge in [0.05, 0.1) is 12.8 Å². The molecule has 0 aliphatic heterocycles. The lowest BCUT2D eigenvalue weighted by Crippen LogP contribution is -2.33. The minimum absolute atomic E-state index is 0.168. The topological polar surface area (TPSA) is 88.8 Å². The van der Waals surface area contributed by atoms with Crippen LogP contribution in [0, 0.1) is 6.92 Å². The summed E-state index contributed by atoms with van der Waals surface area (Å²) in [6.45, 7) is 1.83. The molecule has 0 bridgehead atoms. The third kappa shape index (κ3) is 4.64. The molecule has 1 aliphatic rings. The maximum atomic E-state index is 12.3. The Hall–Kier alpha value is -3.00. The normalized spacial score (nSPS) is 16.5. The Kier molecular flexibility index (Phi) is 5.60. The van der Waals surface area contributed by atoms with Crippen LogP contribution in [0.1, 0.15) is 17.5 Å². The Morgan fingerprint density at radius 1 is 1.25 bits per heavy atom. The first-order valence-corrected chi connectivity index (χ1v) is 10.6. The van der Waals surface area contributed by atoms with Gasteiger partial charge in [0.25, 0.3) is 5.56 Å². The van der Waals surface area contributed by atoms with Crippen LogP contribution < -0.4 is 10.3 Å². The quantitative estimate of drug-likeness (QED) is 0.750. The summed E-state index contributed by atoms with van der Waals surface area (Å²) in [6.07, 6.45) is 7.79. The molecule has 1 heterocycles. The van der Waals surface area contributed by atoms with E-state index in [-0.39, 0.29) is 18.2 Å². The zero-order chi connectivity index (χ0) is 20.3. The fourth-order valence-corrected chi connectivity index (χ4v) is 3.75. The standard InChI is InChI=1S/C20H22N2O5S/c1-15-5-9-18(10-6-15)27-19-11-7-17(8-12-19)22(28(2,25)26)14-16-4-3-13-21(24)20(16)23/h3-11,13,19,24H,12,14H2,1-2H3. The van der Waals surface area contributed by atoms with Gasteiger partial charge in [-0.25, -0.2) is 8.42 Å². The maximum absolute atomic E-state index is 12.3. The number of aryl methyl sites for hydroxylation is 1. The summed E-state index contributed by atoms with van der Waals surface area (Å²) in [5.74, 6) is 0.741. The van der Waals surface area contributed by atoms with E-state index in [0.29, 0.717) is 16.8 Å². The van der Waals surface area contributed by atoms with Gasteiger partial charge in [-0.2, -0.15) is 4.73 Å². The molecule has 1 unspecified atom stereocenters. The van der Waals surface area contributed by atoms with Crippen molar-refractivity contribution in [1.82, 2.24) is 9.04 Å². The van der Waals surface area contributed by atoms with E-state index in [2.05, 4.69) is 0 Å². The predicted molar refractivity (Wildman–Crippen MR) is 106 cm³/mol. The van der Waals surface area contributed by atoms with Crippen molar-refractivity contribution in [1.29, 1.82) is 0 Å². The van der Waals surface area contributed by atoms with E-state index < -0.39 is 15.6 Å². The fourth-order valence-electron chi connectivity index (χ4n) is 2.86. The highest BCUT2D eigenvalue weighted by Gasteiger charge is 2.23. The van der Waals surface area contributed by atoms with Crippen molar-refractivity contribution in [3.8, 4) is 5.75 Å². The SMILES string of the molecule is Cc1ccc(OC2C=CC(N(Cc3cccn(O)c3=O)S(C)(=O)=O)=CC2)cc1. The molecular formula is C20H22N2O5S. The molecule has 1 aromatic carbocycles. The van der Waals surface area contributed by atoms with Crippen molar-refractivity contribution in [2.45, 2.75) is 26.0 Å². The van der Waals surface area contributed by atoms with Gasteiger partial charge in [-0.1, -0.05) is 23.8 Å². The van der Waals surface area contributed by atoms with Crippen molar-refractivity contribution < 1.29 is 18.4 Å². The largest absolute Gasteiger partial charge is 0.486 e. The summed E-state index contributed by atoms with van der Waals surface area (Å²) >= 11 is 0. The summed E-state index contributed by atoms with van der Waals surface area (Å²) in [7, 11) is -3.63. The van der Waals surface area contributed by atoms with E-state index in [1.54, 1.807) is 18.2 Å². The van der Waals surface area contributed by atoms with Gasteiger partial charge in [-0.15, -0.1) is 0 Å². The minimum atomic E-state index is -3.63. The molecule has 1 atom stereocenters. The molecule has 1 aliphatic carbocycles. The number of nitrogens with zero attached hydrogens (tertiary/aromatic N) is 2. The van der Waals surface area contributed by atoms with Crippen LogP contribution >= 0.6 is 0 Å². The van der Waals surface area contributed by atoms with E-state index in [0.717, 1.165) is 21.9 Å². The Bertz CT molecular complexity index is 1070. The Balaban J connectivity index is 1.76. The molecule has 7 nitrogen and oxygen atoms in total. The van der Waals surface area contributed by atoms with Crippen molar-refractivity contribution in [3.63, 3.8) is 0 Å². The van der Waals surface area contributed by atoms with E-state index >= 15 is 0 Å². The Morgan fingerprint density at radius 3 is 2.57 bits per heavy atom. The second-order valence-electron chi connectivity index (χ2n) is 6.65. The Morgan fingerprint density at radius 2 is 1.96 bits per heavy atom. The molecule has 0 spiro atoms. The van der Waals surface area contributed by atoms with Gasteiger partial charge in [0, 0.05) is 23.9 Å². The first kappa shape index (κ1) is 19.8. The van der Waals surface area contributed by atoms with Crippen LogP contribution in [0.2, 0.25) is 0 Å². The molecule has 0 amide bonds. The summed E-state index contributed by atoms with van der Waals surface area (Å²) in [4.78, 5) is 12.0. The number of hydrogen-bond acceptors (Lipinski definition) is 5. The maximum Gasteiger partial charge on any atom is 0.287 e. The van der Waals surface area contributed by atoms with Gasteiger partial charge < -0.3 is 9.94 Å². The summed E-state index contributed by atoms with van der Waals surface area (Å²) < 4.78 is 32.0. The molecule has 1 aromatic heterocycles. The highest BCUT2D eigenvalue weighted by Crippen LogP contribution is 2.23. The van der Waals surface area contributed by atoms with Crippen LogP contribution in [0.25, 0.3) is 0 Å². The van der Waals surface area contributed by atoms with Crippen LogP contribution in [0.15, 0.2) is 71.3 Å². The Labute approximate surface area is 163 Å². The fraction of sp³-hybridized carbons (Fsp3) is 0.250. The summed E-state index contributed by atoms with van der Waals surface area (Å²) in [6, 6.07) is 10.7. The first-order valence-electron chi connectivity index (χ1n) is 8.73. The highest BCUT2D eigenvalue weighted by atomic mass is 32.2. The molecular weight excluding hydrogens is 380 g/mol. The number of sulfonamides is 1. The van der Waals surface area contributed by atoms with Crippen molar-refractivity contribution >= 4 is 10.0 Å². The summed E-state index contributed by atoms with van der Waals surface area (Å²) in [5, 5.41) is 9.51. The number of allylic oxidation sites excluding steroid dienone is 1. The van der Waals surface area contributed by atoms with Gasteiger partial charge in [0.15, 0.2) is 0 Å². The zero-order valence-electron chi connectivity index (χ0n) is 15.6. The lowest BCUT2D eigenvalue weighted by molar-refractivity contribution is 0.173. The molecule has 1 N–H and O–H groups in total. The van der Waals surface area contributed by atoms with Crippen LogP contribution in [0.4, 0.5) is 0 Å². The molecule has 0 saturated heterocycles. The van der Waals surface area contributed by atoms with Gasteiger partial charge in [0.2, 0.25) is 10.0 Å². The van der Waals surface area contributed by atoms with E-state index in [1.807, 2.05) is 31.2 Å². The average molecular weight is 402 g/mol.